The maximum absolute atomic E-state index is 11.1. The fourth-order valence-corrected chi connectivity index (χ4v) is 2.82. The highest BCUT2D eigenvalue weighted by Gasteiger charge is 2.28. The van der Waals surface area contributed by atoms with Gasteiger partial charge in [-0.3, -0.25) is 4.79 Å². The predicted octanol–water partition coefficient (Wildman–Crippen LogP) is 0.528. The fourth-order valence-electron chi connectivity index (χ4n) is 0.974. The van der Waals surface area contributed by atoms with Gasteiger partial charge in [0.25, 0.3) is 0 Å². The maximum Gasteiger partial charge on any atom is 0.319 e. The first-order valence-corrected chi connectivity index (χ1v) is 5.37. The van der Waals surface area contributed by atoms with Crippen molar-refractivity contribution in [3.8, 4) is 0 Å². The molecule has 1 atom stereocenters. The number of ether oxygens (including phenoxy) is 1. The largest absolute Gasteiger partial charge is 0.465 e. The maximum atomic E-state index is 11.1. The predicted molar refractivity (Wildman–Crippen MR) is 49.5 cm³/mol. The van der Waals surface area contributed by atoms with Crippen molar-refractivity contribution in [1.29, 1.82) is 0 Å². The zero-order valence-corrected chi connectivity index (χ0v) is 8.23. The molecule has 1 fully saturated rings. The van der Waals surface area contributed by atoms with Crippen LogP contribution in [0, 0.1) is 0 Å². The molecule has 0 spiro atoms. The van der Waals surface area contributed by atoms with Gasteiger partial charge in [0.2, 0.25) is 5.13 Å². The van der Waals surface area contributed by atoms with E-state index in [9.17, 15) is 4.79 Å². The molecule has 2 rings (SSSR count). The van der Waals surface area contributed by atoms with Gasteiger partial charge in [0.1, 0.15) is 5.25 Å². The molecule has 1 unspecified atom stereocenters. The number of rotatable bonds is 2. The van der Waals surface area contributed by atoms with Gasteiger partial charge in [-0.05, 0) is 0 Å². The number of carbonyl (C=O) groups is 1. The number of thioether (sulfide) groups is 1. The molecule has 2 N–H and O–H groups in total. The van der Waals surface area contributed by atoms with Crippen LogP contribution in [0.1, 0.15) is 6.42 Å². The van der Waals surface area contributed by atoms with Crippen LogP contribution in [0.25, 0.3) is 0 Å². The van der Waals surface area contributed by atoms with Crippen LogP contribution in [-0.4, -0.2) is 28.0 Å². The zero-order valence-electron chi connectivity index (χ0n) is 6.60. The minimum atomic E-state index is -0.168. The van der Waals surface area contributed by atoms with E-state index < -0.39 is 0 Å². The summed E-state index contributed by atoms with van der Waals surface area (Å²) < 4.78 is 5.53. The molecule has 1 saturated heterocycles. The number of anilines is 1. The summed E-state index contributed by atoms with van der Waals surface area (Å²) in [7, 11) is 0. The number of nitrogens with two attached hydrogens (primary N) is 1. The van der Waals surface area contributed by atoms with E-state index in [-0.39, 0.29) is 11.2 Å². The molecule has 13 heavy (non-hydrogen) atoms. The Morgan fingerprint density at radius 3 is 3.00 bits per heavy atom. The van der Waals surface area contributed by atoms with Gasteiger partial charge in [-0.1, -0.05) is 23.1 Å². The van der Waals surface area contributed by atoms with Gasteiger partial charge in [-0.25, -0.2) is 0 Å². The summed E-state index contributed by atoms with van der Waals surface area (Å²) in [5, 5.41) is 7.76. The number of carbonyl (C=O) groups excluding carboxylic acids is 1. The molecular weight excluding hydrogens is 210 g/mol. The second kappa shape index (κ2) is 3.51. The van der Waals surface area contributed by atoms with Crippen LogP contribution in [0.5, 0.6) is 0 Å². The molecule has 7 heteroatoms. The number of nitrogen functional groups attached to an aromatic ring is 1. The van der Waals surface area contributed by atoms with E-state index in [0.29, 0.717) is 11.7 Å². The molecule has 5 nitrogen and oxygen atoms in total. The molecule has 0 amide bonds. The third kappa shape index (κ3) is 1.92. The zero-order chi connectivity index (χ0) is 9.26. The molecular formula is C6H7N3O2S2. The van der Waals surface area contributed by atoms with Crippen LogP contribution in [0.3, 0.4) is 0 Å². The average molecular weight is 217 g/mol. The van der Waals surface area contributed by atoms with Crippen molar-refractivity contribution in [3.05, 3.63) is 0 Å². The van der Waals surface area contributed by atoms with Gasteiger partial charge in [0, 0.05) is 6.42 Å². The van der Waals surface area contributed by atoms with E-state index in [4.69, 9.17) is 10.5 Å². The van der Waals surface area contributed by atoms with Gasteiger partial charge in [-0.15, -0.1) is 10.2 Å². The van der Waals surface area contributed by atoms with Crippen LogP contribution in [-0.2, 0) is 9.53 Å². The van der Waals surface area contributed by atoms with Crippen molar-refractivity contribution in [2.45, 2.75) is 16.0 Å². The Hall–Kier alpha value is -0.820. The number of aromatic nitrogens is 2. The quantitative estimate of drug-likeness (QED) is 0.728. The molecule has 1 aromatic heterocycles. The van der Waals surface area contributed by atoms with Crippen molar-refractivity contribution in [3.63, 3.8) is 0 Å². The molecule has 0 radical (unpaired) electrons. The first-order valence-electron chi connectivity index (χ1n) is 3.68. The van der Waals surface area contributed by atoms with E-state index >= 15 is 0 Å². The van der Waals surface area contributed by atoms with E-state index in [2.05, 4.69) is 10.2 Å². The summed E-state index contributed by atoms with van der Waals surface area (Å²) in [4.78, 5) is 11.1. The molecule has 1 aromatic rings. The highest BCUT2D eigenvalue weighted by atomic mass is 32.2. The summed E-state index contributed by atoms with van der Waals surface area (Å²) in [5.74, 6) is -0.168. The van der Waals surface area contributed by atoms with Crippen LogP contribution in [0.4, 0.5) is 5.13 Å². The Labute approximate surface area is 82.7 Å². The van der Waals surface area contributed by atoms with E-state index in [0.717, 1.165) is 10.8 Å². The molecule has 0 aromatic carbocycles. The first-order chi connectivity index (χ1) is 6.25. The molecule has 0 aliphatic carbocycles. The normalized spacial score (nSPS) is 21.8. The smallest absolute Gasteiger partial charge is 0.319 e. The molecule has 70 valence electrons. The molecule has 2 heterocycles. The topological polar surface area (TPSA) is 78.1 Å². The van der Waals surface area contributed by atoms with E-state index in [1.807, 2.05) is 0 Å². The Morgan fingerprint density at radius 1 is 1.62 bits per heavy atom. The van der Waals surface area contributed by atoms with Crippen molar-refractivity contribution < 1.29 is 9.53 Å². The molecule has 1 aliphatic heterocycles. The Kier molecular flexibility index (Phi) is 2.36. The fraction of sp³-hybridized carbons (Fsp3) is 0.500. The van der Waals surface area contributed by atoms with Gasteiger partial charge >= 0.3 is 5.97 Å². The lowest BCUT2D eigenvalue weighted by atomic mass is 10.4. The van der Waals surface area contributed by atoms with Crippen molar-refractivity contribution in [2.24, 2.45) is 0 Å². The van der Waals surface area contributed by atoms with Crippen LogP contribution in [0.15, 0.2) is 4.34 Å². The van der Waals surface area contributed by atoms with Crippen molar-refractivity contribution in [2.75, 3.05) is 12.3 Å². The third-order valence-corrected chi connectivity index (χ3v) is 3.63. The van der Waals surface area contributed by atoms with Gasteiger partial charge in [-0.2, -0.15) is 0 Å². The Morgan fingerprint density at radius 2 is 2.46 bits per heavy atom. The monoisotopic (exact) mass is 217 g/mol. The average Bonchev–Trinajstić information content (AvgIpc) is 2.64. The van der Waals surface area contributed by atoms with E-state index in [1.54, 1.807) is 0 Å². The second-order valence-corrected chi connectivity index (χ2v) is 4.93. The van der Waals surface area contributed by atoms with E-state index in [1.165, 1.54) is 23.1 Å². The van der Waals surface area contributed by atoms with Crippen LogP contribution >= 0.6 is 23.1 Å². The molecule has 0 saturated carbocycles. The lowest BCUT2D eigenvalue weighted by Gasteiger charge is -1.99. The number of hydrogen-bond acceptors (Lipinski definition) is 7. The minimum Gasteiger partial charge on any atom is -0.465 e. The third-order valence-electron chi connectivity index (χ3n) is 1.55. The standard InChI is InChI=1S/C6H7N3O2S2/c7-5-8-9-6(13-5)12-3-1-2-11-4(3)10/h3H,1-2H2,(H2,7,8). The molecule has 0 bridgehead atoms. The summed E-state index contributed by atoms with van der Waals surface area (Å²) in [6, 6.07) is 0. The van der Waals surface area contributed by atoms with Crippen molar-refractivity contribution in [1.82, 2.24) is 10.2 Å². The lowest BCUT2D eigenvalue weighted by molar-refractivity contribution is -0.137. The Bertz CT molecular complexity index is 327. The van der Waals surface area contributed by atoms with Gasteiger partial charge in [0.15, 0.2) is 4.34 Å². The minimum absolute atomic E-state index is 0.132. The van der Waals surface area contributed by atoms with Crippen molar-refractivity contribution >= 4 is 34.2 Å². The highest BCUT2D eigenvalue weighted by molar-refractivity contribution is 8.02. The van der Waals surface area contributed by atoms with Gasteiger partial charge < -0.3 is 10.5 Å². The number of cyclic esters (lactones) is 1. The van der Waals surface area contributed by atoms with Crippen LogP contribution < -0.4 is 5.73 Å². The van der Waals surface area contributed by atoms with Gasteiger partial charge in [0.05, 0.1) is 6.61 Å². The number of hydrogen-bond donors (Lipinski definition) is 1. The second-order valence-electron chi connectivity index (χ2n) is 2.47. The highest BCUT2D eigenvalue weighted by Crippen LogP contribution is 2.31. The molecule has 1 aliphatic rings. The summed E-state index contributed by atoms with van der Waals surface area (Å²) in [6.45, 7) is 0.505. The number of esters is 1. The Balaban J connectivity index is 2.01. The first kappa shape index (κ1) is 8.76. The number of nitrogens with zero attached hydrogens (tertiary/aromatic N) is 2. The summed E-state index contributed by atoms with van der Waals surface area (Å²) in [5.41, 5.74) is 5.40. The summed E-state index contributed by atoms with van der Waals surface area (Å²) in [6.07, 6.45) is 0.739. The SMILES string of the molecule is Nc1nnc(SC2CCOC2=O)s1. The lowest BCUT2D eigenvalue weighted by Crippen LogP contribution is -2.08. The van der Waals surface area contributed by atoms with Crippen LogP contribution in [0.2, 0.25) is 0 Å². The summed E-state index contributed by atoms with van der Waals surface area (Å²) >= 11 is 2.66.